The minimum Gasteiger partial charge on any atom is -0.457 e. The van der Waals surface area contributed by atoms with Gasteiger partial charge in [-0.15, -0.1) is 6.58 Å². The summed E-state index contributed by atoms with van der Waals surface area (Å²) in [4.78, 5) is 36.6. The topological polar surface area (TPSA) is 101 Å². The van der Waals surface area contributed by atoms with Crippen LogP contribution in [-0.2, 0) is 33.3 Å². The van der Waals surface area contributed by atoms with Crippen LogP contribution in [0.3, 0.4) is 0 Å². The van der Waals surface area contributed by atoms with Gasteiger partial charge in [-0.2, -0.15) is 0 Å². The summed E-state index contributed by atoms with van der Waals surface area (Å²) in [6.07, 6.45) is -2.77. The molecule has 2 unspecified atom stereocenters. The highest BCUT2D eigenvalue weighted by atomic mass is 16.8. The number of esters is 1. The first-order valence-electron chi connectivity index (χ1n) is 7.91. The molecule has 2 amide bonds. The molecule has 3 heterocycles. The van der Waals surface area contributed by atoms with E-state index in [1.54, 1.807) is 13.8 Å². The van der Waals surface area contributed by atoms with Crippen molar-refractivity contribution in [2.75, 3.05) is 6.61 Å². The summed E-state index contributed by atoms with van der Waals surface area (Å²) in [6, 6.07) is 0. The summed E-state index contributed by atoms with van der Waals surface area (Å²) < 4.78 is 27.9. The Morgan fingerprint density at radius 2 is 2.00 bits per heavy atom. The SMILES string of the molecule is C=C[C@]1(C2O[C@@H]3OC(C)(C)O[C@@H]3C2OC(C)=O)COC(=O)N1C(C)=O. The summed E-state index contributed by atoms with van der Waals surface area (Å²) in [6.45, 7) is 9.48. The van der Waals surface area contributed by atoms with Crippen molar-refractivity contribution in [2.24, 2.45) is 0 Å². The normalized spacial score (nSPS) is 39.0. The number of hydrogen-bond donors (Lipinski definition) is 0. The molecule has 0 radical (unpaired) electrons. The number of carbonyl (C=O) groups excluding carboxylic acids is 3. The van der Waals surface area contributed by atoms with Crippen LogP contribution in [0.15, 0.2) is 12.7 Å². The molecular formula is C16H21NO8. The number of hydrogen-bond acceptors (Lipinski definition) is 8. The fraction of sp³-hybridized carbons (Fsp3) is 0.688. The van der Waals surface area contributed by atoms with E-state index < -0.39 is 53.9 Å². The zero-order chi connectivity index (χ0) is 18.6. The summed E-state index contributed by atoms with van der Waals surface area (Å²) in [7, 11) is 0. The van der Waals surface area contributed by atoms with Crippen LogP contribution in [0.25, 0.3) is 0 Å². The van der Waals surface area contributed by atoms with Gasteiger partial charge in [0.05, 0.1) is 0 Å². The lowest BCUT2D eigenvalue weighted by atomic mass is 9.87. The summed E-state index contributed by atoms with van der Waals surface area (Å²) >= 11 is 0. The number of imide groups is 1. The zero-order valence-corrected chi connectivity index (χ0v) is 14.5. The van der Waals surface area contributed by atoms with Gasteiger partial charge in [0, 0.05) is 13.8 Å². The fourth-order valence-electron chi connectivity index (χ4n) is 3.58. The van der Waals surface area contributed by atoms with Gasteiger partial charge >= 0.3 is 12.1 Å². The number of carbonyl (C=O) groups is 3. The van der Waals surface area contributed by atoms with Crippen molar-refractivity contribution < 1.29 is 38.1 Å². The van der Waals surface area contributed by atoms with Crippen molar-refractivity contribution in [1.29, 1.82) is 0 Å². The molecule has 0 aliphatic carbocycles. The van der Waals surface area contributed by atoms with E-state index in [0.29, 0.717) is 0 Å². The lowest BCUT2D eigenvalue weighted by molar-refractivity contribution is -0.228. The third-order valence-corrected chi connectivity index (χ3v) is 4.48. The van der Waals surface area contributed by atoms with Crippen LogP contribution in [0.4, 0.5) is 4.79 Å². The minimum atomic E-state index is -1.33. The average Bonchev–Trinajstić information content (AvgIpc) is 3.08. The molecule has 0 N–H and O–H groups in total. The van der Waals surface area contributed by atoms with Gasteiger partial charge < -0.3 is 23.7 Å². The number of cyclic esters (lactones) is 1. The Bertz CT molecular complexity index is 632. The number of rotatable bonds is 3. The van der Waals surface area contributed by atoms with E-state index in [0.717, 1.165) is 4.90 Å². The molecule has 0 aromatic carbocycles. The Labute approximate surface area is 144 Å². The largest absolute Gasteiger partial charge is 0.457 e. The maximum Gasteiger partial charge on any atom is 0.417 e. The first-order valence-corrected chi connectivity index (χ1v) is 7.91. The monoisotopic (exact) mass is 355 g/mol. The van der Waals surface area contributed by atoms with E-state index in [2.05, 4.69) is 6.58 Å². The van der Waals surface area contributed by atoms with Gasteiger partial charge in [-0.05, 0) is 13.8 Å². The second-order valence-corrected chi connectivity index (χ2v) is 6.70. The molecule has 3 aliphatic heterocycles. The molecule has 0 aromatic heterocycles. The first-order chi connectivity index (χ1) is 11.6. The summed E-state index contributed by atoms with van der Waals surface area (Å²) in [5.74, 6) is -2.00. The molecule has 3 fully saturated rings. The molecule has 0 spiro atoms. The number of amides is 2. The molecular weight excluding hydrogens is 334 g/mol. The van der Waals surface area contributed by atoms with Gasteiger partial charge in [0.1, 0.15) is 18.2 Å². The van der Waals surface area contributed by atoms with E-state index in [1.165, 1.54) is 19.9 Å². The second-order valence-electron chi connectivity index (χ2n) is 6.70. The number of ether oxygens (including phenoxy) is 5. The van der Waals surface area contributed by atoms with Crippen LogP contribution >= 0.6 is 0 Å². The van der Waals surface area contributed by atoms with Crippen LogP contribution in [0.2, 0.25) is 0 Å². The van der Waals surface area contributed by atoms with Crippen molar-refractivity contribution >= 4 is 18.0 Å². The molecule has 138 valence electrons. The van der Waals surface area contributed by atoms with Crippen LogP contribution in [0, 0.1) is 0 Å². The van der Waals surface area contributed by atoms with E-state index in [4.69, 9.17) is 23.7 Å². The van der Waals surface area contributed by atoms with Gasteiger partial charge in [-0.1, -0.05) is 6.08 Å². The van der Waals surface area contributed by atoms with Gasteiger partial charge in [-0.3, -0.25) is 9.59 Å². The lowest BCUT2D eigenvalue weighted by Crippen LogP contribution is -2.60. The van der Waals surface area contributed by atoms with Crippen molar-refractivity contribution in [3.8, 4) is 0 Å². The maximum atomic E-state index is 12.0. The minimum absolute atomic E-state index is 0.166. The van der Waals surface area contributed by atoms with Crippen LogP contribution in [-0.4, -0.2) is 65.4 Å². The zero-order valence-electron chi connectivity index (χ0n) is 14.5. The highest BCUT2D eigenvalue weighted by Gasteiger charge is 2.66. The van der Waals surface area contributed by atoms with E-state index >= 15 is 0 Å². The quantitative estimate of drug-likeness (QED) is 0.539. The number of nitrogens with zero attached hydrogens (tertiary/aromatic N) is 1. The fourth-order valence-corrected chi connectivity index (χ4v) is 3.58. The number of fused-ring (bicyclic) bond motifs is 1. The van der Waals surface area contributed by atoms with E-state index in [-0.39, 0.29) is 6.61 Å². The van der Waals surface area contributed by atoms with Crippen molar-refractivity contribution in [2.45, 2.75) is 63.6 Å². The van der Waals surface area contributed by atoms with E-state index in [1.807, 2.05) is 0 Å². The summed E-state index contributed by atoms with van der Waals surface area (Å²) in [5, 5.41) is 0. The molecule has 3 aliphatic rings. The predicted octanol–water partition coefficient (Wildman–Crippen LogP) is 0.718. The maximum absolute atomic E-state index is 12.0. The van der Waals surface area contributed by atoms with Crippen LogP contribution in [0.5, 0.6) is 0 Å². The van der Waals surface area contributed by atoms with Crippen LogP contribution < -0.4 is 0 Å². The lowest BCUT2D eigenvalue weighted by Gasteiger charge is -2.38. The van der Waals surface area contributed by atoms with E-state index in [9.17, 15) is 14.4 Å². The first kappa shape index (κ1) is 17.8. The molecule has 0 aromatic rings. The van der Waals surface area contributed by atoms with Gasteiger partial charge in [0.2, 0.25) is 5.91 Å². The third kappa shape index (κ3) is 2.72. The molecule has 3 saturated heterocycles. The van der Waals surface area contributed by atoms with Gasteiger partial charge in [0.15, 0.2) is 24.3 Å². The third-order valence-electron chi connectivity index (χ3n) is 4.48. The predicted molar refractivity (Wildman–Crippen MR) is 81.0 cm³/mol. The molecule has 0 bridgehead atoms. The summed E-state index contributed by atoms with van der Waals surface area (Å²) in [5.41, 5.74) is -1.33. The molecule has 0 saturated carbocycles. The molecule has 9 heteroatoms. The van der Waals surface area contributed by atoms with Crippen LogP contribution in [0.1, 0.15) is 27.7 Å². The molecule has 3 rings (SSSR count). The highest BCUT2D eigenvalue weighted by Crippen LogP contribution is 2.45. The average molecular weight is 355 g/mol. The molecule has 9 nitrogen and oxygen atoms in total. The van der Waals surface area contributed by atoms with Crippen molar-refractivity contribution in [3.05, 3.63) is 12.7 Å². The van der Waals surface area contributed by atoms with Crippen molar-refractivity contribution in [3.63, 3.8) is 0 Å². The Morgan fingerprint density at radius 1 is 1.32 bits per heavy atom. The molecule has 5 atom stereocenters. The Hall–Kier alpha value is -1.97. The standard InChI is InChI=1S/C16H21NO8/c1-6-16(7-21-14(20)17(16)8(2)18)12-10(22-9(3)19)11-13(23-12)25-15(4,5)24-11/h6,10-13H,1,7H2,2-5H3/t10?,11-,12?,13-,16-/m1/s1. The Morgan fingerprint density at radius 3 is 2.56 bits per heavy atom. The smallest absolute Gasteiger partial charge is 0.417 e. The van der Waals surface area contributed by atoms with Gasteiger partial charge in [-0.25, -0.2) is 9.69 Å². The Kier molecular flexibility index (Phi) is 4.13. The van der Waals surface area contributed by atoms with Gasteiger partial charge in [0.25, 0.3) is 0 Å². The second kappa shape index (κ2) is 5.79. The Balaban J connectivity index is 1.99. The highest BCUT2D eigenvalue weighted by molar-refractivity contribution is 5.93. The molecule has 25 heavy (non-hydrogen) atoms. The van der Waals surface area contributed by atoms with Crippen molar-refractivity contribution in [1.82, 2.24) is 4.90 Å².